The van der Waals surface area contributed by atoms with E-state index < -0.39 is 0 Å². The molecule has 2 N–H and O–H groups in total. The Balaban J connectivity index is 0.00000225. The van der Waals surface area contributed by atoms with Crippen molar-refractivity contribution in [2.24, 2.45) is 5.92 Å². The average Bonchev–Trinajstić information content (AvgIpc) is 3.29. The molecular formula is C20H31ClN2O2. The van der Waals surface area contributed by atoms with Crippen molar-refractivity contribution in [1.82, 2.24) is 10.6 Å². The van der Waals surface area contributed by atoms with Gasteiger partial charge in [-0.1, -0.05) is 25.0 Å². The van der Waals surface area contributed by atoms with Crippen LogP contribution < -0.4 is 10.6 Å². The van der Waals surface area contributed by atoms with E-state index in [1.165, 1.54) is 37.7 Å². The topological polar surface area (TPSA) is 50.4 Å². The maximum absolute atomic E-state index is 12.2. The van der Waals surface area contributed by atoms with Crippen molar-refractivity contribution in [1.29, 1.82) is 0 Å². The number of hydrogen-bond acceptors (Lipinski definition) is 3. The smallest absolute Gasteiger partial charge is 0.251 e. The number of hydrogen-bond donors (Lipinski definition) is 2. The standard InChI is InChI=1S/C20H30N2O2.ClH/c23-20(22-11-3-13-24-19-4-1-2-5-19)18-8-6-16(7-9-18)14-17-10-12-21-15-17;/h6-9,17,19,21H,1-5,10-15H2,(H,22,23);1H. The fraction of sp³-hybridized carbons (Fsp3) is 0.650. The highest BCUT2D eigenvalue weighted by molar-refractivity contribution is 5.94. The molecule has 0 radical (unpaired) electrons. The second-order valence-electron chi connectivity index (χ2n) is 7.15. The molecule has 3 rings (SSSR count). The minimum Gasteiger partial charge on any atom is -0.378 e. The molecule has 1 aliphatic carbocycles. The molecule has 1 heterocycles. The zero-order valence-electron chi connectivity index (χ0n) is 15.0. The Morgan fingerprint density at radius 1 is 1.16 bits per heavy atom. The number of carbonyl (C=O) groups is 1. The van der Waals surface area contributed by atoms with Crippen molar-refractivity contribution in [2.45, 2.75) is 51.0 Å². The first kappa shape index (κ1) is 20.2. The Hall–Kier alpha value is -1.10. The second kappa shape index (κ2) is 10.8. The molecule has 1 unspecified atom stereocenters. The lowest BCUT2D eigenvalue weighted by Gasteiger charge is -2.11. The van der Waals surface area contributed by atoms with Crippen LogP contribution in [0.1, 0.15) is 54.4 Å². The van der Waals surface area contributed by atoms with Crippen LogP contribution in [0.25, 0.3) is 0 Å². The van der Waals surface area contributed by atoms with E-state index in [0.29, 0.717) is 12.6 Å². The molecule has 0 spiro atoms. The SMILES string of the molecule is Cl.O=C(NCCCOC1CCCC1)c1ccc(CC2CCNC2)cc1. The molecule has 0 bridgehead atoms. The number of benzene rings is 1. The molecule has 2 aliphatic rings. The number of nitrogens with one attached hydrogen (secondary N) is 2. The molecule has 140 valence electrons. The number of amides is 1. The number of rotatable bonds is 8. The molecule has 0 aromatic heterocycles. The lowest BCUT2D eigenvalue weighted by Crippen LogP contribution is -2.25. The van der Waals surface area contributed by atoms with Gasteiger partial charge in [0.2, 0.25) is 0 Å². The first-order valence-electron chi connectivity index (χ1n) is 9.51. The van der Waals surface area contributed by atoms with Gasteiger partial charge in [-0.15, -0.1) is 12.4 Å². The number of carbonyl (C=O) groups excluding carboxylic acids is 1. The van der Waals surface area contributed by atoms with E-state index in [1.54, 1.807) is 0 Å². The molecule has 1 saturated heterocycles. The van der Waals surface area contributed by atoms with E-state index in [0.717, 1.165) is 44.0 Å². The monoisotopic (exact) mass is 366 g/mol. The van der Waals surface area contributed by atoms with Crippen LogP contribution in [0, 0.1) is 5.92 Å². The molecule has 1 amide bonds. The maximum Gasteiger partial charge on any atom is 0.251 e. The zero-order valence-corrected chi connectivity index (χ0v) is 15.8. The fourth-order valence-electron chi connectivity index (χ4n) is 3.70. The van der Waals surface area contributed by atoms with E-state index in [2.05, 4.69) is 22.8 Å². The normalized spacial score (nSPS) is 20.4. The van der Waals surface area contributed by atoms with Crippen LogP contribution in [0.5, 0.6) is 0 Å². The van der Waals surface area contributed by atoms with Crippen molar-refractivity contribution >= 4 is 18.3 Å². The largest absolute Gasteiger partial charge is 0.378 e. The van der Waals surface area contributed by atoms with Crippen LogP contribution in [-0.4, -0.2) is 38.3 Å². The lowest BCUT2D eigenvalue weighted by molar-refractivity contribution is 0.0565. The summed E-state index contributed by atoms with van der Waals surface area (Å²) in [7, 11) is 0. The van der Waals surface area contributed by atoms with Gasteiger partial charge in [-0.25, -0.2) is 0 Å². The van der Waals surface area contributed by atoms with Gasteiger partial charge in [0.05, 0.1) is 6.10 Å². The first-order valence-corrected chi connectivity index (χ1v) is 9.51. The Labute approximate surface area is 157 Å². The van der Waals surface area contributed by atoms with E-state index in [4.69, 9.17) is 4.74 Å². The van der Waals surface area contributed by atoms with Gasteiger partial charge in [-0.2, -0.15) is 0 Å². The molecule has 1 aromatic carbocycles. The van der Waals surface area contributed by atoms with E-state index in [9.17, 15) is 4.79 Å². The Morgan fingerprint density at radius 3 is 2.60 bits per heavy atom. The highest BCUT2D eigenvalue weighted by Gasteiger charge is 2.16. The highest BCUT2D eigenvalue weighted by Crippen LogP contribution is 2.20. The molecule has 4 nitrogen and oxygen atoms in total. The van der Waals surface area contributed by atoms with Gasteiger partial charge in [-0.3, -0.25) is 4.79 Å². The first-order chi connectivity index (χ1) is 11.8. The van der Waals surface area contributed by atoms with Crippen LogP contribution in [0.15, 0.2) is 24.3 Å². The predicted octanol–water partition coefficient (Wildman–Crippen LogP) is 3.34. The van der Waals surface area contributed by atoms with Crippen molar-refractivity contribution < 1.29 is 9.53 Å². The average molecular weight is 367 g/mol. The van der Waals surface area contributed by atoms with Crippen molar-refractivity contribution in [3.05, 3.63) is 35.4 Å². The third-order valence-electron chi connectivity index (χ3n) is 5.17. The van der Waals surface area contributed by atoms with Crippen molar-refractivity contribution in [3.8, 4) is 0 Å². The van der Waals surface area contributed by atoms with Gasteiger partial charge < -0.3 is 15.4 Å². The molecule has 2 fully saturated rings. The summed E-state index contributed by atoms with van der Waals surface area (Å²) in [5.41, 5.74) is 2.07. The molecule has 5 heteroatoms. The van der Waals surface area contributed by atoms with Gasteiger partial charge in [0.1, 0.15) is 0 Å². The molecule has 1 atom stereocenters. The quantitative estimate of drug-likeness (QED) is 0.694. The lowest BCUT2D eigenvalue weighted by atomic mass is 9.98. The van der Waals surface area contributed by atoms with Gasteiger partial charge in [0.25, 0.3) is 5.91 Å². The summed E-state index contributed by atoms with van der Waals surface area (Å²) in [4.78, 5) is 12.2. The van der Waals surface area contributed by atoms with Crippen molar-refractivity contribution in [2.75, 3.05) is 26.2 Å². The molecule has 1 aromatic rings. The van der Waals surface area contributed by atoms with Gasteiger partial charge in [0, 0.05) is 18.7 Å². The fourth-order valence-corrected chi connectivity index (χ4v) is 3.70. The Kier molecular flexibility index (Phi) is 8.73. The summed E-state index contributed by atoms with van der Waals surface area (Å²) in [5, 5.41) is 6.39. The third-order valence-corrected chi connectivity index (χ3v) is 5.17. The van der Waals surface area contributed by atoms with E-state index in [-0.39, 0.29) is 18.3 Å². The Morgan fingerprint density at radius 2 is 1.92 bits per heavy atom. The van der Waals surface area contributed by atoms with E-state index >= 15 is 0 Å². The molecule has 1 saturated carbocycles. The van der Waals surface area contributed by atoms with Crippen LogP contribution in [-0.2, 0) is 11.2 Å². The minimum absolute atomic E-state index is 0. The van der Waals surface area contributed by atoms with Crippen LogP contribution in [0.2, 0.25) is 0 Å². The van der Waals surface area contributed by atoms with Crippen LogP contribution in [0.3, 0.4) is 0 Å². The van der Waals surface area contributed by atoms with Gasteiger partial charge in [0.15, 0.2) is 0 Å². The van der Waals surface area contributed by atoms with Crippen molar-refractivity contribution in [3.63, 3.8) is 0 Å². The summed E-state index contributed by atoms with van der Waals surface area (Å²) >= 11 is 0. The summed E-state index contributed by atoms with van der Waals surface area (Å²) < 4.78 is 5.81. The van der Waals surface area contributed by atoms with Gasteiger partial charge >= 0.3 is 0 Å². The maximum atomic E-state index is 12.2. The van der Waals surface area contributed by atoms with Crippen LogP contribution >= 0.6 is 12.4 Å². The summed E-state index contributed by atoms with van der Waals surface area (Å²) in [6.07, 6.45) is 8.71. The Bertz CT molecular complexity index is 509. The third kappa shape index (κ3) is 6.61. The minimum atomic E-state index is 0. The molecular weight excluding hydrogens is 336 g/mol. The molecule has 1 aliphatic heterocycles. The van der Waals surface area contributed by atoms with Gasteiger partial charge in [-0.05, 0) is 68.8 Å². The van der Waals surface area contributed by atoms with E-state index in [1.807, 2.05) is 12.1 Å². The second-order valence-corrected chi connectivity index (χ2v) is 7.15. The van der Waals surface area contributed by atoms with Crippen LogP contribution in [0.4, 0.5) is 0 Å². The predicted molar refractivity (Wildman–Crippen MR) is 104 cm³/mol. The molecule has 25 heavy (non-hydrogen) atoms. The highest BCUT2D eigenvalue weighted by atomic mass is 35.5. The number of halogens is 1. The zero-order chi connectivity index (χ0) is 16.6. The summed E-state index contributed by atoms with van der Waals surface area (Å²) in [6, 6.07) is 8.08. The summed E-state index contributed by atoms with van der Waals surface area (Å²) in [5.74, 6) is 0.759. The summed E-state index contributed by atoms with van der Waals surface area (Å²) in [6.45, 7) is 3.68. The number of ether oxygens (including phenoxy) is 1.